The van der Waals surface area contributed by atoms with Gasteiger partial charge in [0.15, 0.2) is 0 Å². The van der Waals surface area contributed by atoms with E-state index in [2.05, 4.69) is 36.3 Å². The number of pyridine rings is 1. The van der Waals surface area contributed by atoms with E-state index in [-0.39, 0.29) is 17.4 Å². The molecule has 4 aliphatic carbocycles. The van der Waals surface area contributed by atoms with Gasteiger partial charge in [0.2, 0.25) is 0 Å². The molecule has 0 unspecified atom stereocenters. The number of hydrazone groups is 1. The Morgan fingerprint density at radius 2 is 1.75 bits per heavy atom. The summed E-state index contributed by atoms with van der Waals surface area (Å²) < 4.78 is 0. The fourth-order valence-electron chi connectivity index (χ4n) is 8.71. The number of hydrogen-bond acceptors (Lipinski definition) is 4. The predicted molar refractivity (Wildman–Crippen MR) is 126 cm³/mol. The van der Waals surface area contributed by atoms with Crippen molar-refractivity contribution in [3.8, 4) is 0 Å². The standard InChI is InChI=1S/C27H39N3O2/c1-17(29-30-25(32)18-10-14-28-15-11-18)22-6-7-23-21-5-4-19-16-20(31)8-12-26(19,2)24(21)9-13-27(22,23)3/h10-11,14-15,19-24,31H,4-9,12-13,16H2,1-3H3,(H,30,32)/b29-17+/t19-,20-,21+,22+,23+,24+,26-,27+/m0/s1. The van der Waals surface area contributed by atoms with Crippen LogP contribution < -0.4 is 5.43 Å². The second-order valence-corrected chi connectivity index (χ2v) is 11.7. The molecule has 2 N–H and O–H groups in total. The third-order valence-corrected chi connectivity index (χ3v) is 10.4. The number of aromatic nitrogens is 1. The van der Waals surface area contributed by atoms with Crippen molar-refractivity contribution >= 4 is 11.6 Å². The Morgan fingerprint density at radius 1 is 1.03 bits per heavy atom. The number of amides is 1. The molecule has 0 aliphatic heterocycles. The summed E-state index contributed by atoms with van der Waals surface area (Å²) in [5, 5.41) is 14.8. The van der Waals surface area contributed by atoms with Crippen LogP contribution in [0.5, 0.6) is 0 Å². The molecule has 1 heterocycles. The van der Waals surface area contributed by atoms with E-state index in [0.29, 0.717) is 22.8 Å². The maximum atomic E-state index is 12.4. The zero-order chi connectivity index (χ0) is 22.5. The number of nitrogens with one attached hydrogen (secondary N) is 1. The van der Waals surface area contributed by atoms with Crippen molar-refractivity contribution in [3.05, 3.63) is 30.1 Å². The zero-order valence-electron chi connectivity index (χ0n) is 19.9. The number of aliphatic hydroxyl groups is 1. The molecule has 0 spiro atoms. The Morgan fingerprint density at radius 3 is 2.53 bits per heavy atom. The molecule has 4 saturated carbocycles. The number of rotatable bonds is 3. The third kappa shape index (κ3) is 3.52. The average Bonchev–Trinajstić information content (AvgIpc) is 3.15. The van der Waals surface area contributed by atoms with E-state index in [1.54, 1.807) is 24.5 Å². The Hall–Kier alpha value is -1.75. The molecule has 1 aromatic heterocycles. The molecule has 4 aliphatic rings. The highest BCUT2D eigenvalue weighted by Crippen LogP contribution is 2.67. The minimum absolute atomic E-state index is 0.0736. The van der Waals surface area contributed by atoms with Crippen LogP contribution in [0.25, 0.3) is 0 Å². The lowest BCUT2D eigenvalue weighted by molar-refractivity contribution is -0.123. The highest BCUT2D eigenvalue weighted by molar-refractivity contribution is 5.95. The molecule has 8 atom stereocenters. The van der Waals surface area contributed by atoms with Crippen LogP contribution in [0.1, 0.15) is 88.9 Å². The maximum Gasteiger partial charge on any atom is 0.271 e. The molecule has 5 rings (SSSR count). The van der Waals surface area contributed by atoms with Crippen LogP contribution in [0, 0.1) is 40.4 Å². The minimum atomic E-state index is -0.166. The first-order valence-electron chi connectivity index (χ1n) is 12.8. The average molecular weight is 438 g/mol. The Balaban J connectivity index is 1.31. The van der Waals surface area contributed by atoms with E-state index < -0.39 is 0 Å². The van der Waals surface area contributed by atoms with Crippen molar-refractivity contribution in [1.82, 2.24) is 10.4 Å². The molecule has 174 valence electrons. The molecular weight excluding hydrogens is 398 g/mol. The lowest BCUT2D eigenvalue weighted by atomic mass is 9.44. The van der Waals surface area contributed by atoms with Crippen molar-refractivity contribution in [3.63, 3.8) is 0 Å². The number of carbonyl (C=O) groups excluding carboxylic acids is 1. The first kappa shape index (κ1) is 22.1. The second kappa shape index (κ2) is 8.23. The summed E-state index contributed by atoms with van der Waals surface area (Å²) in [6.45, 7) is 7.17. The molecule has 1 aromatic rings. The van der Waals surface area contributed by atoms with Crippen molar-refractivity contribution in [2.24, 2.45) is 45.5 Å². The van der Waals surface area contributed by atoms with Gasteiger partial charge in [0.05, 0.1) is 6.10 Å². The lowest BCUT2D eigenvalue weighted by Gasteiger charge is -2.61. The molecule has 4 fully saturated rings. The third-order valence-electron chi connectivity index (χ3n) is 10.4. The summed E-state index contributed by atoms with van der Waals surface area (Å²) in [6, 6.07) is 3.44. The first-order chi connectivity index (χ1) is 15.3. The quantitative estimate of drug-likeness (QED) is 0.504. The van der Waals surface area contributed by atoms with Gasteiger partial charge >= 0.3 is 0 Å². The van der Waals surface area contributed by atoms with Crippen LogP contribution in [0.15, 0.2) is 29.6 Å². The van der Waals surface area contributed by atoms with Gasteiger partial charge in [-0.3, -0.25) is 9.78 Å². The van der Waals surface area contributed by atoms with Crippen molar-refractivity contribution in [1.29, 1.82) is 0 Å². The largest absolute Gasteiger partial charge is 0.393 e. The van der Waals surface area contributed by atoms with E-state index in [4.69, 9.17) is 0 Å². The van der Waals surface area contributed by atoms with Crippen molar-refractivity contribution in [2.75, 3.05) is 0 Å². The fraction of sp³-hybridized carbons (Fsp3) is 0.741. The molecule has 0 radical (unpaired) electrons. The van der Waals surface area contributed by atoms with E-state index in [1.807, 2.05) is 0 Å². The van der Waals surface area contributed by atoms with Crippen LogP contribution in [0.3, 0.4) is 0 Å². The Labute approximate surface area is 192 Å². The van der Waals surface area contributed by atoms with Gasteiger partial charge in [0.1, 0.15) is 0 Å². The molecule has 5 nitrogen and oxygen atoms in total. The number of hydrogen-bond donors (Lipinski definition) is 2. The normalized spacial score (nSPS) is 43.7. The smallest absolute Gasteiger partial charge is 0.271 e. The van der Waals surface area contributed by atoms with Gasteiger partial charge in [-0.1, -0.05) is 13.8 Å². The van der Waals surface area contributed by atoms with Gasteiger partial charge < -0.3 is 5.11 Å². The molecule has 1 amide bonds. The first-order valence-corrected chi connectivity index (χ1v) is 12.8. The molecule has 32 heavy (non-hydrogen) atoms. The summed E-state index contributed by atoms with van der Waals surface area (Å²) in [4.78, 5) is 16.4. The molecule has 0 saturated heterocycles. The predicted octanol–water partition coefficient (Wildman–Crippen LogP) is 5.21. The zero-order valence-corrected chi connectivity index (χ0v) is 19.9. The molecule has 0 aromatic carbocycles. The van der Waals surface area contributed by atoms with Gasteiger partial charge in [-0.2, -0.15) is 5.10 Å². The van der Waals surface area contributed by atoms with Crippen LogP contribution in [-0.2, 0) is 0 Å². The van der Waals surface area contributed by atoms with E-state index in [1.165, 1.54) is 44.9 Å². The van der Waals surface area contributed by atoms with E-state index >= 15 is 0 Å². The minimum Gasteiger partial charge on any atom is -0.393 e. The number of nitrogens with zero attached hydrogens (tertiary/aromatic N) is 2. The van der Waals surface area contributed by atoms with Crippen molar-refractivity contribution < 1.29 is 9.90 Å². The summed E-state index contributed by atoms with van der Waals surface area (Å²) in [5.41, 5.74) is 5.17. The number of aliphatic hydroxyl groups excluding tert-OH is 1. The van der Waals surface area contributed by atoms with Crippen molar-refractivity contribution in [2.45, 2.75) is 84.7 Å². The fourth-order valence-corrected chi connectivity index (χ4v) is 8.71. The van der Waals surface area contributed by atoms with Gasteiger partial charge in [-0.25, -0.2) is 5.43 Å². The van der Waals surface area contributed by atoms with E-state index in [0.717, 1.165) is 36.3 Å². The summed E-state index contributed by atoms with van der Waals surface area (Å²) in [7, 11) is 0. The number of fused-ring (bicyclic) bond motifs is 5. The van der Waals surface area contributed by atoms with Crippen LogP contribution >= 0.6 is 0 Å². The highest BCUT2D eigenvalue weighted by atomic mass is 16.3. The highest BCUT2D eigenvalue weighted by Gasteiger charge is 2.60. The van der Waals surface area contributed by atoms with Crippen LogP contribution in [-0.4, -0.2) is 27.8 Å². The van der Waals surface area contributed by atoms with Crippen LogP contribution in [0.2, 0.25) is 0 Å². The van der Waals surface area contributed by atoms with Gasteiger partial charge in [0, 0.05) is 29.6 Å². The summed E-state index contributed by atoms with van der Waals surface area (Å²) in [5.74, 6) is 3.38. The Bertz CT molecular complexity index is 886. The van der Waals surface area contributed by atoms with Crippen LogP contribution in [0.4, 0.5) is 0 Å². The molecule has 0 bridgehead atoms. The maximum absolute atomic E-state index is 12.4. The SMILES string of the molecule is C/C(=N\NC(=O)c1ccncc1)[C@H]1CC[C@@H]2[C@H]3CC[C@H]4C[C@@H](O)CC[C@]4(C)[C@@H]3CC[C@]12C. The van der Waals surface area contributed by atoms with Gasteiger partial charge in [-0.15, -0.1) is 0 Å². The second-order valence-electron chi connectivity index (χ2n) is 11.7. The molecule has 5 heteroatoms. The molecular formula is C27H39N3O2. The topological polar surface area (TPSA) is 74.6 Å². The monoisotopic (exact) mass is 437 g/mol. The summed E-state index contributed by atoms with van der Waals surface area (Å²) >= 11 is 0. The summed E-state index contributed by atoms with van der Waals surface area (Å²) in [6.07, 6.45) is 14.1. The Kier molecular flexibility index (Phi) is 5.68. The van der Waals surface area contributed by atoms with E-state index in [9.17, 15) is 9.90 Å². The number of carbonyl (C=O) groups is 1. The van der Waals surface area contributed by atoms with Gasteiger partial charge in [0.25, 0.3) is 5.91 Å². The lowest BCUT2D eigenvalue weighted by Crippen LogP contribution is -2.54. The van der Waals surface area contributed by atoms with Gasteiger partial charge in [-0.05, 0) is 111 Å².